The van der Waals surface area contributed by atoms with E-state index in [1.807, 2.05) is 54.1 Å². The van der Waals surface area contributed by atoms with E-state index < -0.39 is 7.14 Å². The highest BCUT2D eigenvalue weighted by Gasteiger charge is 2.43. The summed E-state index contributed by atoms with van der Waals surface area (Å²) in [6, 6.07) is 37.0. The quantitative estimate of drug-likeness (QED) is 0.186. The number of benzene rings is 4. The van der Waals surface area contributed by atoms with Crippen LogP contribution in [0.25, 0.3) is 38.8 Å². The maximum absolute atomic E-state index is 15.5. The molecule has 0 spiro atoms. The van der Waals surface area contributed by atoms with Gasteiger partial charge in [0, 0.05) is 46.1 Å². The molecule has 4 heterocycles. The van der Waals surface area contributed by atoms with E-state index in [9.17, 15) is 0 Å². The molecule has 0 saturated heterocycles. The second-order valence-corrected chi connectivity index (χ2v) is 13.3. The van der Waals surface area contributed by atoms with Gasteiger partial charge in [-0.3, -0.25) is 4.57 Å². The lowest BCUT2D eigenvalue weighted by atomic mass is 10.1. The Morgan fingerprint density at radius 2 is 1.50 bits per heavy atom. The lowest BCUT2D eigenvalue weighted by molar-refractivity contribution is -0.442. The molecule has 2 aromatic heterocycles. The van der Waals surface area contributed by atoms with Crippen molar-refractivity contribution in [3.63, 3.8) is 0 Å². The monoisotopic (exact) mass is 537 g/mol. The molecule has 6 aromatic rings. The Morgan fingerprint density at radius 3 is 2.33 bits per heavy atom. The molecule has 40 heavy (non-hydrogen) atoms. The fourth-order valence-electron chi connectivity index (χ4n) is 6.35. The van der Waals surface area contributed by atoms with Crippen LogP contribution in [-0.4, -0.2) is 25.7 Å². The van der Waals surface area contributed by atoms with E-state index in [-0.39, 0.29) is 0 Å². The van der Waals surface area contributed by atoms with Gasteiger partial charge in [-0.1, -0.05) is 65.3 Å². The second kappa shape index (κ2) is 8.45. The first-order chi connectivity index (χ1) is 19.5. The van der Waals surface area contributed by atoms with Gasteiger partial charge in [-0.25, -0.2) is 4.98 Å². The first kappa shape index (κ1) is 23.3. The van der Waals surface area contributed by atoms with E-state index in [4.69, 9.17) is 10.1 Å². The summed E-state index contributed by atoms with van der Waals surface area (Å²) in [5.74, 6) is 0. The lowest BCUT2D eigenvalue weighted by Crippen LogP contribution is -2.24. The summed E-state index contributed by atoms with van der Waals surface area (Å²) >= 11 is 0. The van der Waals surface area contributed by atoms with Crippen LogP contribution in [0.3, 0.4) is 0 Å². The number of nitrogens with zero attached hydrogens (tertiary/aromatic N) is 4. The van der Waals surface area contributed by atoms with Crippen LogP contribution in [0.2, 0.25) is 0 Å². The number of fused-ring (bicyclic) bond motifs is 6. The first-order valence-corrected chi connectivity index (χ1v) is 15.2. The molecule has 2 aliphatic rings. The Labute approximate surface area is 232 Å². The predicted octanol–water partition coefficient (Wildman–Crippen LogP) is 6.68. The number of aromatic nitrogens is 2. The largest absolute Gasteiger partial charge is 0.307 e. The zero-order chi connectivity index (χ0) is 27.0. The molecule has 0 saturated carbocycles. The highest BCUT2D eigenvalue weighted by Crippen LogP contribution is 2.52. The molecule has 2 aliphatic heterocycles. The van der Waals surface area contributed by atoms with Gasteiger partial charge in [0.25, 0.3) is 0 Å². The van der Waals surface area contributed by atoms with Crippen LogP contribution >= 0.6 is 7.14 Å². The Bertz CT molecular complexity index is 2140. The average Bonchev–Trinajstić information content (AvgIpc) is 3.60. The molecular weight excluding hydrogens is 511 g/mol. The van der Waals surface area contributed by atoms with Crippen molar-refractivity contribution in [3.8, 4) is 16.8 Å². The smallest absolute Gasteiger partial charge is 0.238 e. The Morgan fingerprint density at radius 1 is 0.750 bits per heavy atom. The summed E-state index contributed by atoms with van der Waals surface area (Å²) < 4.78 is 19.7. The average molecular weight is 538 g/mol. The Hall–Kier alpha value is -4.60. The number of rotatable bonds is 3. The molecule has 0 N–H and O–H groups in total. The molecule has 0 bridgehead atoms. The molecule has 6 heteroatoms. The summed E-state index contributed by atoms with van der Waals surface area (Å²) in [4.78, 5) is 5.25. The van der Waals surface area contributed by atoms with Gasteiger partial charge in [0.15, 0.2) is 12.9 Å². The van der Waals surface area contributed by atoms with Crippen molar-refractivity contribution in [2.45, 2.75) is 20.3 Å². The van der Waals surface area contributed by atoms with Crippen LogP contribution < -0.4 is 16.0 Å². The van der Waals surface area contributed by atoms with Gasteiger partial charge in [0.05, 0.1) is 17.6 Å². The summed E-state index contributed by atoms with van der Waals surface area (Å²) in [6.07, 6.45) is 0.844. The van der Waals surface area contributed by atoms with Crippen molar-refractivity contribution in [2.24, 2.45) is 5.10 Å². The van der Waals surface area contributed by atoms with Crippen LogP contribution in [-0.2, 0) is 4.57 Å². The number of hydrogen-bond donors (Lipinski definition) is 0. The topological polar surface area (TPSA) is 50.3 Å². The van der Waals surface area contributed by atoms with Crippen LogP contribution in [0.5, 0.6) is 0 Å². The number of hydrogen-bond acceptors (Lipinski definition) is 3. The van der Waals surface area contributed by atoms with Crippen molar-refractivity contribution in [1.82, 2.24) is 9.55 Å². The van der Waals surface area contributed by atoms with Crippen molar-refractivity contribution in [3.05, 3.63) is 109 Å². The van der Waals surface area contributed by atoms with E-state index in [0.717, 1.165) is 72.9 Å². The molecule has 4 aromatic carbocycles. The van der Waals surface area contributed by atoms with E-state index in [2.05, 4.69) is 78.2 Å². The van der Waals surface area contributed by atoms with Crippen LogP contribution in [0.4, 0.5) is 5.69 Å². The fraction of sp³-hybridized carbons (Fsp3) is 0.0882. The zero-order valence-corrected chi connectivity index (χ0v) is 23.1. The minimum atomic E-state index is -3.27. The summed E-state index contributed by atoms with van der Waals surface area (Å²) in [5, 5.41) is 8.59. The van der Waals surface area contributed by atoms with Crippen molar-refractivity contribution in [1.29, 1.82) is 0 Å². The van der Waals surface area contributed by atoms with Crippen LogP contribution in [0, 0.1) is 0 Å². The molecule has 0 fully saturated rings. The Kier molecular flexibility index (Phi) is 4.92. The normalized spacial score (nSPS) is 17.9. The van der Waals surface area contributed by atoms with Gasteiger partial charge in [-0.2, -0.15) is 0 Å². The molecule has 0 amide bonds. The van der Waals surface area contributed by atoms with Crippen LogP contribution in [0.15, 0.2) is 114 Å². The number of para-hydroxylation sites is 2. The highest BCUT2D eigenvalue weighted by atomic mass is 31.2. The van der Waals surface area contributed by atoms with Gasteiger partial charge in [0.2, 0.25) is 5.69 Å². The minimum Gasteiger partial charge on any atom is -0.307 e. The van der Waals surface area contributed by atoms with Gasteiger partial charge in [-0.05, 0) is 59.6 Å². The third-order valence-corrected chi connectivity index (χ3v) is 11.1. The molecule has 5 nitrogen and oxygen atoms in total. The van der Waals surface area contributed by atoms with E-state index in [1.165, 1.54) is 0 Å². The maximum Gasteiger partial charge on any atom is 0.238 e. The lowest BCUT2D eigenvalue weighted by Gasteiger charge is -2.15. The van der Waals surface area contributed by atoms with E-state index in [0.29, 0.717) is 5.44 Å². The van der Waals surface area contributed by atoms with E-state index >= 15 is 4.57 Å². The SMILES string of the molecule is CC1=N[N+](c2ccc3c(c2)P(=O)(c2ccc4c5ccccc5n(-c5ccccc5)c4n2)c2ccccc2-3)=C(C)C1. The molecule has 192 valence electrons. The predicted molar refractivity (Wildman–Crippen MR) is 165 cm³/mol. The molecular formula is C34H26N4OP+. The third kappa shape index (κ3) is 3.16. The van der Waals surface area contributed by atoms with E-state index in [1.54, 1.807) is 0 Å². The first-order valence-electron chi connectivity index (χ1n) is 13.5. The molecule has 1 unspecified atom stereocenters. The van der Waals surface area contributed by atoms with Crippen molar-refractivity contribution >= 4 is 62.2 Å². The van der Waals surface area contributed by atoms with Gasteiger partial charge in [-0.15, -0.1) is 0 Å². The summed E-state index contributed by atoms with van der Waals surface area (Å²) in [6.45, 7) is 4.14. The van der Waals surface area contributed by atoms with Gasteiger partial charge < -0.3 is 4.57 Å². The number of pyridine rings is 1. The molecule has 0 radical (unpaired) electrons. The van der Waals surface area contributed by atoms with Gasteiger partial charge >= 0.3 is 0 Å². The van der Waals surface area contributed by atoms with Crippen molar-refractivity contribution in [2.75, 3.05) is 0 Å². The standard InChI is InChI=1S/C34H26N4OP/c1-22-20-23(2)38(36-22)25-16-17-28-27-13-7-9-15-31(27)40(39,32(28)21-25)33-19-18-29-26-12-6-8-14-30(26)37(34(29)35-33)24-10-4-3-5-11-24/h3-19,21H,20H2,1-2H3/q+1. The highest BCUT2D eigenvalue weighted by molar-refractivity contribution is 7.86. The zero-order valence-electron chi connectivity index (χ0n) is 22.2. The van der Waals surface area contributed by atoms with Crippen LogP contribution in [0.1, 0.15) is 20.3 Å². The second-order valence-electron chi connectivity index (χ2n) is 10.6. The minimum absolute atomic E-state index is 0.602. The molecule has 8 rings (SSSR count). The molecule has 1 atom stereocenters. The number of hydrazone groups is 1. The van der Waals surface area contributed by atoms with Crippen molar-refractivity contribution < 1.29 is 9.25 Å². The fourth-order valence-corrected chi connectivity index (χ4v) is 9.30. The Balaban J connectivity index is 1.42. The maximum atomic E-state index is 15.5. The third-order valence-electron chi connectivity index (χ3n) is 8.09. The molecule has 0 aliphatic carbocycles. The van der Waals surface area contributed by atoms with Gasteiger partial charge in [0.1, 0.15) is 11.1 Å². The summed E-state index contributed by atoms with van der Waals surface area (Å²) in [5.41, 5.74) is 8.70. The summed E-state index contributed by atoms with van der Waals surface area (Å²) in [7, 11) is -3.27.